The molecule has 2 fully saturated rings. The van der Waals surface area contributed by atoms with Crippen LogP contribution in [0.25, 0.3) is 11.2 Å². The van der Waals surface area contributed by atoms with Gasteiger partial charge in [-0.3, -0.25) is 14.2 Å². The van der Waals surface area contributed by atoms with Crippen LogP contribution in [0, 0.1) is 10.1 Å². The van der Waals surface area contributed by atoms with E-state index in [9.17, 15) is 19.7 Å². The van der Waals surface area contributed by atoms with Gasteiger partial charge in [-0.2, -0.15) is 0 Å². The Hall–Kier alpha value is -2.90. The average molecular weight is 395 g/mol. The molecule has 13 nitrogen and oxygen atoms in total. The molecule has 0 unspecified atom stereocenters. The third-order valence-electron chi connectivity index (χ3n) is 4.49. The van der Waals surface area contributed by atoms with Crippen LogP contribution in [0.15, 0.2) is 17.4 Å². The maximum atomic E-state index is 12.2. The molecule has 0 spiro atoms. The summed E-state index contributed by atoms with van der Waals surface area (Å²) in [4.78, 5) is 42.2. The summed E-state index contributed by atoms with van der Waals surface area (Å²) in [6.45, 7) is 4.73. The van der Waals surface area contributed by atoms with Gasteiger partial charge < -0.3 is 18.9 Å². The first-order valence-electron chi connectivity index (χ1n) is 8.41. The van der Waals surface area contributed by atoms with Gasteiger partial charge in [-0.05, 0) is 18.5 Å². The number of hydrogen-bond donors (Lipinski definition) is 0. The Balaban J connectivity index is 1.72. The number of ether oxygens (including phenoxy) is 4. The van der Waals surface area contributed by atoms with Crippen molar-refractivity contribution < 1.29 is 28.8 Å². The minimum Gasteiger partial charge on any atom is -0.463 e. The molecule has 2 aliphatic heterocycles. The van der Waals surface area contributed by atoms with Crippen LogP contribution in [0.1, 0.15) is 27.0 Å². The Labute approximate surface area is 156 Å². The molecular formula is C15H17N5O8. The van der Waals surface area contributed by atoms with Crippen LogP contribution < -0.4 is 5.56 Å². The Morgan fingerprint density at radius 1 is 1.32 bits per heavy atom. The SMILES string of the molecule is CC(=O)OC[C@H]1O[C@@H](n2cnc3c(=O)n([N+](=O)[O-])cnc32)[C@@H]2OC(C)(C)O[C@@H]21. The first kappa shape index (κ1) is 18.5. The number of carbonyl (C=O) groups excluding carboxylic acids is 1. The van der Waals surface area contributed by atoms with Gasteiger partial charge >= 0.3 is 11.5 Å². The fraction of sp³-hybridized carbons (Fsp3) is 0.600. The van der Waals surface area contributed by atoms with E-state index in [0.717, 1.165) is 6.33 Å². The van der Waals surface area contributed by atoms with Crippen LogP contribution in [0.2, 0.25) is 0 Å². The van der Waals surface area contributed by atoms with Crippen molar-refractivity contribution in [3.05, 3.63) is 33.1 Å². The molecule has 4 atom stereocenters. The topological polar surface area (TPSA) is 150 Å². The average Bonchev–Trinajstić information content (AvgIpc) is 3.24. The lowest BCUT2D eigenvalue weighted by Crippen LogP contribution is -2.33. The summed E-state index contributed by atoms with van der Waals surface area (Å²) in [5, 5.41) is 10.0. The molecule has 0 bridgehead atoms. The third-order valence-corrected chi connectivity index (χ3v) is 4.49. The molecule has 0 radical (unpaired) electrons. The molecule has 2 saturated heterocycles. The zero-order valence-corrected chi connectivity index (χ0v) is 15.2. The van der Waals surface area contributed by atoms with Gasteiger partial charge in [0.2, 0.25) is 0 Å². The Morgan fingerprint density at radius 3 is 2.71 bits per heavy atom. The minimum atomic E-state index is -0.913. The van der Waals surface area contributed by atoms with Crippen LogP contribution in [-0.4, -0.2) is 60.9 Å². The molecule has 0 saturated carbocycles. The molecule has 2 aromatic heterocycles. The second-order valence-corrected chi connectivity index (χ2v) is 6.89. The van der Waals surface area contributed by atoms with Gasteiger partial charge in [0.1, 0.15) is 24.9 Å². The fourth-order valence-electron chi connectivity index (χ4n) is 3.42. The molecule has 4 rings (SSSR count). The van der Waals surface area contributed by atoms with Crippen molar-refractivity contribution in [1.29, 1.82) is 0 Å². The zero-order valence-electron chi connectivity index (χ0n) is 15.2. The quantitative estimate of drug-likeness (QED) is 0.380. The van der Waals surface area contributed by atoms with Gasteiger partial charge in [0, 0.05) is 6.92 Å². The first-order chi connectivity index (χ1) is 13.2. The summed E-state index contributed by atoms with van der Waals surface area (Å²) in [5.74, 6) is -1.36. The number of fused-ring (bicyclic) bond motifs is 2. The largest absolute Gasteiger partial charge is 0.463 e. The standard InChI is InChI=1S/C15H17N5O8/c1-7(21)25-4-8-10-11(28-15(2,3)27-10)14(26-8)18-5-16-9-12(18)17-6-19(13(9)22)20(23)24/h5-6,8,10-11,14H,4H2,1-3H3/t8-,10-,11-,14-/m1/s1. The highest BCUT2D eigenvalue weighted by Gasteiger charge is 2.56. The van der Waals surface area contributed by atoms with E-state index < -0.39 is 46.9 Å². The summed E-state index contributed by atoms with van der Waals surface area (Å²) in [6.07, 6.45) is -0.410. The normalized spacial score (nSPS) is 28.4. The lowest BCUT2D eigenvalue weighted by atomic mass is 10.1. The summed E-state index contributed by atoms with van der Waals surface area (Å²) < 4.78 is 24.5. The van der Waals surface area contributed by atoms with E-state index in [1.165, 1.54) is 17.8 Å². The van der Waals surface area contributed by atoms with E-state index in [4.69, 9.17) is 18.9 Å². The van der Waals surface area contributed by atoms with Crippen LogP contribution in [0.5, 0.6) is 0 Å². The zero-order chi connectivity index (χ0) is 20.2. The molecule has 150 valence electrons. The van der Waals surface area contributed by atoms with Crippen molar-refractivity contribution in [3.63, 3.8) is 0 Å². The highest BCUT2D eigenvalue weighted by atomic mass is 16.8. The van der Waals surface area contributed by atoms with Crippen molar-refractivity contribution in [1.82, 2.24) is 19.2 Å². The fourth-order valence-corrected chi connectivity index (χ4v) is 3.42. The monoisotopic (exact) mass is 395 g/mol. The molecule has 2 aliphatic rings. The Kier molecular flexibility index (Phi) is 4.17. The minimum absolute atomic E-state index is 0.0410. The maximum absolute atomic E-state index is 12.2. The predicted octanol–water partition coefficient (Wildman–Crippen LogP) is -0.387. The Bertz CT molecular complexity index is 1010. The van der Waals surface area contributed by atoms with Crippen LogP contribution in [0.3, 0.4) is 0 Å². The lowest BCUT2D eigenvalue weighted by Gasteiger charge is -2.24. The van der Waals surface area contributed by atoms with E-state index in [1.54, 1.807) is 13.8 Å². The van der Waals surface area contributed by atoms with Gasteiger partial charge in [-0.15, -0.1) is 0 Å². The van der Waals surface area contributed by atoms with Crippen LogP contribution in [0.4, 0.5) is 0 Å². The molecule has 28 heavy (non-hydrogen) atoms. The molecule has 0 aliphatic carbocycles. The highest BCUT2D eigenvalue weighted by molar-refractivity contribution is 5.69. The van der Waals surface area contributed by atoms with Gasteiger partial charge in [0.25, 0.3) is 0 Å². The highest BCUT2D eigenvalue weighted by Crippen LogP contribution is 2.43. The van der Waals surface area contributed by atoms with E-state index >= 15 is 0 Å². The third kappa shape index (κ3) is 2.93. The number of rotatable bonds is 4. The van der Waals surface area contributed by atoms with Crippen molar-refractivity contribution >= 4 is 17.1 Å². The number of carbonyl (C=O) groups is 1. The van der Waals surface area contributed by atoms with Crippen LogP contribution in [-0.2, 0) is 23.7 Å². The maximum Gasteiger partial charge on any atom is 0.343 e. The van der Waals surface area contributed by atoms with Gasteiger partial charge in [-0.1, -0.05) is 0 Å². The second kappa shape index (κ2) is 6.32. The summed E-state index contributed by atoms with van der Waals surface area (Å²) in [6, 6.07) is 0. The predicted molar refractivity (Wildman–Crippen MR) is 88.5 cm³/mol. The van der Waals surface area contributed by atoms with E-state index in [0.29, 0.717) is 0 Å². The summed E-state index contributed by atoms with van der Waals surface area (Å²) in [7, 11) is 0. The number of imidazole rings is 1. The van der Waals surface area contributed by atoms with Crippen molar-refractivity contribution in [2.24, 2.45) is 0 Å². The molecule has 0 N–H and O–H groups in total. The van der Waals surface area contributed by atoms with Gasteiger partial charge in [0.15, 0.2) is 34.5 Å². The van der Waals surface area contributed by atoms with Crippen LogP contribution >= 0.6 is 0 Å². The molecule has 4 heterocycles. The Morgan fingerprint density at radius 2 is 2.04 bits per heavy atom. The summed E-state index contributed by atoms with van der Waals surface area (Å²) in [5.41, 5.74) is -0.988. The molecule has 0 aromatic carbocycles. The molecular weight excluding hydrogens is 378 g/mol. The second-order valence-electron chi connectivity index (χ2n) is 6.89. The molecule has 13 heteroatoms. The number of nitrogens with zero attached hydrogens (tertiary/aromatic N) is 5. The van der Waals surface area contributed by atoms with E-state index in [1.807, 2.05) is 0 Å². The number of nitro groups is 1. The number of esters is 1. The lowest BCUT2D eigenvalue weighted by molar-refractivity contribution is -0.545. The number of hydrogen-bond acceptors (Lipinski definition) is 10. The van der Waals surface area contributed by atoms with Crippen molar-refractivity contribution in [2.45, 2.75) is 51.1 Å². The summed E-state index contributed by atoms with van der Waals surface area (Å²) >= 11 is 0. The molecule has 2 aromatic rings. The van der Waals surface area contributed by atoms with Crippen molar-refractivity contribution in [2.75, 3.05) is 6.61 Å². The van der Waals surface area contributed by atoms with Crippen molar-refractivity contribution in [3.8, 4) is 0 Å². The number of aromatic nitrogens is 4. The van der Waals surface area contributed by atoms with E-state index in [2.05, 4.69) is 9.97 Å². The van der Waals surface area contributed by atoms with Gasteiger partial charge in [-0.25, -0.2) is 20.1 Å². The van der Waals surface area contributed by atoms with E-state index in [-0.39, 0.29) is 22.4 Å². The smallest absolute Gasteiger partial charge is 0.343 e. The van der Waals surface area contributed by atoms with Gasteiger partial charge in [0.05, 0.1) is 6.33 Å². The molecule has 0 amide bonds. The first-order valence-corrected chi connectivity index (χ1v) is 8.41.